The van der Waals surface area contributed by atoms with E-state index in [-0.39, 0.29) is 11.0 Å². The first-order valence-electron chi connectivity index (χ1n) is 10.3. The highest BCUT2D eigenvalue weighted by atomic mass is 32.2. The molecule has 2 heterocycles. The number of aryl methyl sites for hydroxylation is 1. The molecule has 3 heteroatoms. The minimum Gasteiger partial charge on any atom is -0.224 e. The van der Waals surface area contributed by atoms with Gasteiger partial charge in [0.05, 0.1) is 10.5 Å². The van der Waals surface area contributed by atoms with Crippen molar-refractivity contribution in [2.24, 2.45) is 0 Å². The molecular weight excluding hydrogens is 360 g/mol. The zero-order chi connectivity index (χ0) is 20.1. The Morgan fingerprint density at radius 3 is 2.54 bits per heavy atom. The Morgan fingerprint density at radius 1 is 1.04 bits per heavy atom. The normalized spacial score (nSPS) is 16.5. The summed E-state index contributed by atoms with van der Waals surface area (Å²) in [7, 11) is 0. The van der Waals surface area contributed by atoms with E-state index in [1.54, 1.807) is 0 Å². The van der Waals surface area contributed by atoms with Crippen molar-refractivity contribution in [1.82, 2.24) is 4.57 Å². The summed E-state index contributed by atoms with van der Waals surface area (Å²) in [6.45, 7) is 13.9. The van der Waals surface area contributed by atoms with E-state index in [0.29, 0.717) is 0 Å². The van der Waals surface area contributed by atoms with E-state index in [1.165, 1.54) is 39.5 Å². The number of thioether (sulfide) groups is 1. The smallest absolute Gasteiger partial charge is 0.224 e. The van der Waals surface area contributed by atoms with Gasteiger partial charge in [0.1, 0.15) is 23.6 Å². The van der Waals surface area contributed by atoms with Gasteiger partial charge in [0, 0.05) is 5.41 Å². The van der Waals surface area contributed by atoms with E-state index in [1.807, 2.05) is 11.8 Å². The third-order valence-electron chi connectivity index (χ3n) is 6.63. The lowest BCUT2D eigenvalue weighted by Gasteiger charge is -2.43. The minimum atomic E-state index is -0.0244. The molecule has 0 radical (unpaired) electrons. The first-order chi connectivity index (χ1) is 13.3. The van der Waals surface area contributed by atoms with Crippen LogP contribution in [0.3, 0.4) is 0 Å². The van der Waals surface area contributed by atoms with Gasteiger partial charge < -0.3 is 0 Å². The molecule has 0 amide bonds. The van der Waals surface area contributed by atoms with Crippen LogP contribution in [-0.2, 0) is 11.0 Å². The van der Waals surface area contributed by atoms with Crippen molar-refractivity contribution in [3.63, 3.8) is 0 Å². The van der Waals surface area contributed by atoms with Crippen molar-refractivity contribution in [2.45, 2.75) is 63.8 Å². The molecule has 0 atom stereocenters. The Bertz CT molecular complexity index is 1030. The maximum atomic E-state index is 2.48. The molecule has 0 spiro atoms. The Hall–Kier alpha value is -2.00. The van der Waals surface area contributed by atoms with Crippen LogP contribution in [-0.4, -0.2) is 10.3 Å². The van der Waals surface area contributed by atoms with Gasteiger partial charge in [-0.2, -0.15) is 4.57 Å². The standard InChI is InChI=1S/C25H31N2S/c1-7-16-28-22-17-18(2)12-13-21(22)26-14-15-27-23(26)19-10-8-9-11-20(19)24(3,4)25(27,5)6/h8-15,17H,7,16H2,1-6H3/q+1. The Labute approximate surface area is 173 Å². The maximum absolute atomic E-state index is 2.48. The van der Waals surface area contributed by atoms with Gasteiger partial charge in [0.2, 0.25) is 0 Å². The molecule has 0 saturated carbocycles. The van der Waals surface area contributed by atoms with Crippen molar-refractivity contribution >= 4 is 11.8 Å². The second-order valence-electron chi connectivity index (χ2n) is 8.91. The summed E-state index contributed by atoms with van der Waals surface area (Å²) in [6, 6.07) is 15.8. The van der Waals surface area contributed by atoms with Gasteiger partial charge in [-0.1, -0.05) is 45.0 Å². The van der Waals surface area contributed by atoms with E-state index >= 15 is 0 Å². The number of fused-ring (bicyclic) bond motifs is 3. The predicted molar refractivity (Wildman–Crippen MR) is 120 cm³/mol. The van der Waals surface area contributed by atoms with Crippen molar-refractivity contribution < 1.29 is 4.57 Å². The van der Waals surface area contributed by atoms with Gasteiger partial charge in [0.25, 0.3) is 5.82 Å². The van der Waals surface area contributed by atoms with Crippen molar-refractivity contribution in [3.8, 4) is 17.1 Å². The largest absolute Gasteiger partial charge is 0.294 e. The molecule has 0 unspecified atom stereocenters. The molecule has 2 aromatic carbocycles. The summed E-state index contributed by atoms with van der Waals surface area (Å²) in [5.41, 5.74) is 5.38. The summed E-state index contributed by atoms with van der Waals surface area (Å²) < 4.78 is 4.87. The third-order valence-corrected chi connectivity index (χ3v) is 7.88. The minimum absolute atomic E-state index is 0.0244. The second kappa shape index (κ2) is 6.81. The van der Waals surface area contributed by atoms with E-state index in [2.05, 4.69) is 106 Å². The fourth-order valence-electron chi connectivity index (χ4n) is 4.30. The van der Waals surface area contributed by atoms with Crippen LogP contribution in [0.1, 0.15) is 52.2 Å². The number of imidazole rings is 1. The fourth-order valence-corrected chi connectivity index (χ4v) is 5.30. The topological polar surface area (TPSA) is 8.81 Å². The van der Waals surface area contributed by atoms with Crippen LogP contribution in [0.15, 0.2) is 59.8 Å². The van der Waals surface area contributed by atoms with Crippen LogP contribution >= 0.6 is 11.8 Å². The van der Waals surface area contributed by atoms with Crippen LogP contribution in [0.25, 0.3) is 17.1 Å². The highest BCUT2D eigenvalue weighted by Crippen LogP contribution is 2.46. The van der Waals surface area contributed by atoms with Crippen LogP contribution in [0.4, 0.5) is 0 Å². The molecule has 1 aliphatic rings. The number of aromatic nitrogens is 2. The fraction of sp³-hybridized carbons (Fsp3) is 0.400. The average Bonchev–Trinajstić information content (AvgIpc) is 3.11. The SMILES string of the molecule is CCCSc1cc(C)ccc1-n1cc[n+]2c1-c1ccccc1C(C)(C)C2(C)C. The third kappa shape index (κ3) is 2.75. The van der Waals surface area contributed by atoms with E-state index < -0.39 is 0 Å². The molecule has 0 bridgehead atoms. The molecule has 2 nitrogen and oxygen atoms in total. The first kappa shape index (κ1) is 19.3. The zero-order valence-corrected chi connectivity index (χ0v) is 18.7. The molecule has 146 valence electrons. The lowest BCUT2D eigenvalue weighted by atomic mass is 9.66. The Morgan fingerprint density at radius 2 is 1.79 bits per heavy atom. The zero-order valence-electron chi connectivity index (χ0n) is 17.9. The molecule has 1 aliphatic heterocycles. The molecule has 4 rings (SSSR count). The summed E-state index contributed by atoms with van der Waals surface area (Å²) in [5, 5.41) is 0. The summed E-state index contributed by atoms with van der Waals surface area (Å²) >= 11 is 1.96. The van der Waals surface area contributed by atoms with Gasteiger partial charge in [-0.25, -0.2) is 4.57 Å². The van der Waals surface area contributed by atoms with Crippen molar-refractivity contribution in [1.29, 1.82) is 0 Å². The molecule has 0 N–H and O–H groups in total. The van der Waals surface area contributed by atoms with Gasteiger partial charge in [-0.15, -0.1) is 11.8 Å². The molecule has 1 aromatic heterocycles. The van der Waals surface area contributed by atoms with E-state index in [9.17, 15) is 0 Å². The number of nitrogens with zero attached hydrogens (tertiary/aromatic N) is 2. The molecule has 0 fully saturated rings. The summed E-state index contributed by atoms with van der Waals surface area (Å²) in [6.07, 6.45) is 5.69. The number of hydrogen-bond donors (Lipinski definition) is 0. The van der Waals surface area contributed by atoms with Crippen molar-refractivity contribution in [3.05, 3.63) is 66.0 Å². The summed E-state index contributed by atoms with van der Waals surface area (Å²) in [4.78, 5) is 1.36. The molecule has 0 saturated heterocycles. The van der Waals surface area contributed by atoms with Gasteiger partial charge in [-0.3, -0.25) is 0 Å². The molecular formula is C25H31N2S+. The molecule has 3 aromatic rings. The number of hydrogen-bond acceptors (Lipinski definition) is 1. The van der Waals surface area contributed by atoms with Gasteiger partial charge in [0.15, 0.2) is 0 Å². The van der Waals surface area contributed by atoms with Crippen LogP contribution in [0.2, 0.25) is 0 Å². The quantitative estimate of drug-likeness (QED) is 0.376. The van der Waals surface area contributed by atoms with Gasteiger partial charge >= 0.3 is 0 Å². The van der Waals surface area contributed by atoms with Crippen molar-refractivity contribution in [2.75, 3.05) is 5.75 Å². The Kier molecular flexibility index (Phi) is 4.70. The van der Waals surface area contributed by atoms with E-state index in [4.69, 9.17) is 0 Å². The average molecular weight is 392 g/mol. The van der Waals surface area contributed by atoms with Crippen LogP contribution in [0.5, 0.6) is 0 Å². The lowest BCUT2D eigenvalue weighted by molar-refractivity contribution is -0.759. The summed E-state index contributed by atoms with van der Waals surface area (Å²) in [5.74, 6) is 2.42. The Balaban J connectivity index is 1.99. The monoisotopic (exact) mass is 391 g/mol. The number of benzene rings is 2. The van der Waals surface area contributed by atoms with E-state index in [0.717, 1.165) is 5.75 Å². The highest BCUT2D eigenvalue weighted by molar-refractivity contribution is 7.99. The van der Waals surface area contributed by atoms with Crippen LogP contribution in [0, 0.1) is 6.92 Å². The molecule has 28 heavy (non-hydrogen) atoms. The highest BCUT2D eigenvalue weighted by Gasteiger charge is 2.51. The second-order valence-corrected chi connectivity index (χ2v) is 10.0. The predicted octanol–water partition coefficient (Wildman–Crippen LogP) is 6.27. The lowest BCUT2D eigenvalue weighted by Crippen LogP contribution is -2.64. The number of rotatable bonds is 4. The van der Waals surface area contributed by atoms with Gasteiger partial charge in [-0.05, 0) is 62.3 Å². The molecule has 0 aliphatic carbocycles. The maximum Gasteiger partial charge on any atom is 0.294 e. The van der Waals surface area contributed by atoms with Crippen LogP contribution < -0.4 is 4.57 Å². The first-order valence-corrected chi connectivity index (χ1v) is 11.2.